The fourth-order valence-corrected chi connectivity index (χ4v) is 2.53. The van der Waals surface area contributed by atoms with Crippen molar-refractivity contribution in [2.45, 2.75) is 32.0 Å². The van der Waals surface area contributed by atoms with E-state index in [-0.39, 0.29) is 12.2 Å². The molecule has 2 heterocycles. The molecule has 1 aromatic carbocycles. The lowest BCUT2D eigenvalue weighted by molar-refractivity contribution is 0.0309. The fourth-order valence-electron chi connectivity index (χ4n) is 2.53. The normalized spacial score (nSPS) is 21.0. The van der Waals surface area contributed by atoms with Gasteiger partial charge in [0.2, 0.25) is 0 Å². The van der Waals surface area contributed by atoms with E-state index in [1.54, 1.807) is 14.0 Å². The molecule has 0 saturated carbocycles. The number of methoxy groups -OCH3 is 1. The molecule has 0 amide bonds. The maximum absolute atomic E-state index is 5.91. The van der Waals surface area contributed by atoms with Crippen molar-refractivity contribution in [3.8, 4) is 5.75 Å². The number of aryl methyl sites for hydroxylation is 1. The smallest absolute Gasteiger partial charge is 0.255 e. The van der Waals surface area contributed by atoms with E-state index in [0.717, 1.165) is 24.3 Å². The molecule has 128 valence electrons. The first-order valence-corrected chi connectivity index (χ1v) is 7.80. The quantitative estimate of drug-likeness (QED) is 0.637. The second-order valence-corrected chi connectivity index (χ2v) is 5.58. The van der Waals surface area contributed by atoms with Crippen molar-refractivity contribution >= 4 is 11.6 Å². The molecular weight excluding hydrogens is 310 g/mol. The standard InChI is InChI=1S/C16H21N5O3/c1-10-19-15(24-21-10)14-8-7-13(23-14)9-18-16(17)20-11-3-5-12(22-2)6-4-11/h3-6,13-14H,7-9H2,1-2H3,(H3,17,18,20)/t13-,14+/m1/s1. The lowest BCUT2D eigenvalue weighted by Gasteiger charge is -2.10. The van der Waals surface area contributed by atoms with Crippen LogP contribution in [0, 0.1) is 6.92 Å². The van der Waals surface area contributed by atoms with Crippen LogP contribution in [-0.4, -0.2) is 35.9 Å². The van der Waals surface area contributed by atoms with Crippen LogP contribution >= 0.6 is 0 Å². The average Bonchev–Trinajstić information content (AvgIpc) is 3.22. The summed E-state index contributed by atoms with van der Waals surface area (Å²) in [6.07, 6.45) is 1.57. The van der Waals surface area contributed by atoms with Gasteiger partial charge in [0.15, 0.2) is 11.8 Å². The zero-order valence-corrected chi connectivity index (χ0v) is 13.7. The van der Waals surface area contributed by atoms with E-state index in [1.165, 1.54) is 0 Å². The van der Waals surface area contributed by atoms with Gasteiger partial charge in [0, 0.05) is 5.69 Å². The Bertz CT molecular complexity index is 698. The van der Waals surface area contributed by atoms with Crippen LogP contribution in [0.15, 0.2) is 33.8 Å². The van der Waals surface area contributed by atoms with Crippen LogP contribution in [0.2, 0.25) is 0 Å². The predicted molar refractivity (Wildman–Crippen MR) is 89.0 cm³/mol. The third-order valence-corrected chi connectivity index (χ3v) is 3.75. The summed E-state index contributed by atoms with van der Waals surface area (Å²) in [6.45, 7) is 2.27. The molecule has 24 heavy (non-hydrogen) atoms. The van der Waals surface area contributed by atoms with Gasteiger partial charge in [-0.05, 0) is 44.0 Å². The molecular formula is C16H21N5O3. The van der Waals surface area contributed by atoms with Crippen molar-refractivity contribution in [3.63, 3.8) is 0 Å². The summed E-state index contributed by atoms with van der Waals surface area (Å²) in [4.78, 5) is 8.54. The zero-order chi connectivity index (χ0) is 16.9. The Hall–Kier alpha value is -2.61. The molecule has 2 atom stereocenters. The summed E-state index contributed by atoms with van der Waals surface area (Å²) in [7, 11) is 1.63. The predicted octanol–water partition coefficient (Wildman–Crippen LogP) is 2.03. The van der Waals surface area contributed by atoms with Gasteiger partial charge in [-0.3, -0.25) is 4.99 Å². The molecule has 3 N–H and O–H groups in total. The molecule has 0 radical (unpaired) electrons. The van der Waals surface area contributed by atoms with Crippen molar-refractivity contribution < 1.29 is 14.0 Å². The zero-order valence-electron chi connectivity index (χ0n) is 13.7. The van der Waals surface area contributed by atoms with Crippen molar-refractivity contribution in [1.82, 2.24) is 10.1 Å². The van der Waals surface area contributed by atoms with E-state index >= 15 is 0 Å². The van der Waals surface area contributed by atoms with E-state index in [9.17, 15) is 0 Å². The molecule has 0 bridgehead atoms. The molecule has 0 spiro atoms. The van der Waals surface area contributed by atoms with Crippen LogP contribution in [0.1, 0.15) is 30.7 Å². The second kappa shape index (κ2) is 7.31. The largest absolute Gasteiger partial charge is 0.497 e. The van der Waals surface area contributed by atoms with Crippen LogP contribution in [0.5, 0.6) is 5.75 Å². The van der Waals surface area contributed by atoms with Gasteiger partial charge in [-0.2, -0.15) is 4.98 Å². The average molecular weight is 331 g/mol. The summed E-state index contributed by atoms with van der Waals surface area (Å²) < 4.78 is 16.2. The van der Waals surface area contributed by atoms with Crippen molar-refractivity contribution in [1.29, 1.82) is 0 Å². The topological polar surface area (TPSA) is 108 Å². The number of nitrogens with two attached hydrogens (primary N) is 1. The van der Waals surface area contributed by atoms with Gasteiger partial charge in [-0.25, -0.2) is 0 Å². The summed E-state index contributed by atoms with van der Waals surface area (Å²) >= 11 is 0. The van der Waals surface area contributed by atoms with Crippen LogP contribution in [0.3, 0.4) is 0 Å². The first-order valence-electron chi connectivity index (χ1n) is 7.80. The Morgan fingerprint density at radius 2 is 2.17 bits per heavy atom. The van der Waals surface area contributed by atoms with Gasteiger partial charge in [0.1, 0.15) is 11.9 Å². The van der Waals surface area contributed by atoms with E-state index < -0.39 is 0 Å². The van der Waals surface area contributed by atoms with Gasteiger partial charge >= 0.3 is 0 Å². The molecule has 1 aliphatic heterocycles. The molecule has 1 aliphatic rings. The molecule has 1 fully saturated rings. The Balaban J connectivity index is 1.50. The third-order valence-electron chi connectivity index (χ3n) is 3.75. The first kappa shape index (κ1) is 16.3. The molecule has 2 aromatic rings. The summed E-state index contributed by atoms with van der Waals surface area (Å²) in [6, 6.07) is 7.46. The highest BCUT2D eigenvalue weighted by atomic mass is 16.5. The minimum absolute atomic E-state index is 0.00146. The van der Waals surface area contributed by atoms with Gasteiger partial charge in [0.25, 0.3) is 5.89 Å². The highest BCUT2D eigenvalue weighted by Gasteiger charge is 2.30. The van der Waals surface area contributed by atoms with Crippen molar-refractivity contribution in [2.75, 3.05) is 19.0 Å². The molecule has 8 nitrogen and oxygen atoms in total. The Morgan fingerprint density at radius 3 is 2.83 bits per heavy atom. The number of nitrogens with zero attached hydrogens (tertiary/aromatic N) is 3. The molecule has 0 unspecified atom stereocenters. The van der Waals surface area contributed by atoms with E-state index in [4.69, 9.17) is 19.7 Å². The van der Waals surface area contributed by atoms with Gasteiger partial charge < -0.3 is 25.0 Å². The number of ether oxygens (including phenoxy) is 2. The van der Waals surface area contributed by atoms with Crippen LogP contribution in [-0.2, 0) is 4.74 Å². The van der Waals surface area contributed by atoms with Gasteiger partial charge in [-0.15, -0.1) is 0 Å². The SMILES string of the molecule is COc1ccc(NC(N)=NC[C@H]2CC[C@@H](c3nc(C)no3)O2)cc1. The first-order chi connectivity index (χ1) is 11.6. The molecule has 0 aliphatic carbocycles. The number of hydrogen-bond acceptors (Lipinski definition) is 6. The lowest BCUT2D eigenvalue weighted by atomic mass is 10.2. The van der Waals surface area contributed by atoms with Crippen LogP contribution in [0.25, 0.3) is 0 Å². The Labute approximate surface area is 140 Å². The number of hydrogen-bond donors (Lipinski definition) is 2. The minimum Gasteiger partial charge on any atom is -0.497 e. The second-order valence-electron chi connectivity index (χ2n) is 5.58. The lowest BCUT2D eigenvalue weighted by Crippen LogP contribution is -2.24. The molecule has 1 saturated heterocycles. The van der Waals surface area contributed by atoms with Gasteiger partial charge in [0.05, 0.1) is 19.8 Å². The van der Waals surface area contributed by atoms with E-state index in [0.29, 0.717) is 24.2 Å². The minimum atomic E-state index is -0.151. The number of nitrogens with one attached hydrogen (secondary N) is 1. The maximum atomic E-state index is 5.91. The summed E-state index contributed by atoms with van der Waals surface area (Å²) in [5, 5.41) is 6.83. The molecule has 1 aromatic heterocycles. The van der Waals surface area contributed by atoms with E-state index in [1.807, 2.05) is 24.3 Å². The Morgan fingerprint density at radius 1 is 1.38 bits per heavy atom. The third kappa shape index (κ3) is 4.02. The van der Waals surface area contributed by atoms with Gasteiger partial charge in [-0.1, -0.05) is 5.16 Å². The highest BCUT2D eigenvalue weighted by Crippen LogP contribution is 2.31. The van der Waals surface area contributed by atoms with Crippen LogP contribution in [0.4, 0.5) is 5.69 Å². The fraction of sp³-hybridized carbons (Fsp3) is 0.438. The molecule has 3 rings (SSSR count). The number of aromatic nitrogens is 2. The number of rotatable bonds is 5. The number of aliphatic imine (C=N–C) groups is 1. The monoisotopic (exact) mass is 331 g/mol. The number of anilines is 1. The summed E-state index contributed by atoms with van der Waals surface area (Å²) in [5.41, 5.74) is 6.77. The number of guanidine groups is 1. The van der Waals surface area contributed by atoms with E-state index in [2.05, 4.69) is 20.4 Å². The Kier molecular flexibility index (Phi) is 4.95. The molecule has 8 heteroatoms. The maximum Gasteiger partial charge on any atom is 0.255 e. The van der Waals surface area contributed by atoms with Crippen molar-refractivity contribution in [2.24, 2.45) is 10.7 Å². The summed E-state index contributed by atoms with van der Waals surface area (Å²) in [5.74, 6) is 2.28. The van der Waals surface area contributed by atoms with Crippen LogP contribution < -0.4 is 15.8 Å². The number of benzene rings is 1. The van der Waals surface area contributed by atoms with Crippen molar-refractivity contribution in [3.05, 3.63) is 36.0 Å². The highest BCUT2D eigenvalue weighted by molar-refractivity contribution is 5.92.